The number of hydrogen-bond acceptors (Lipinski definition) is 1. The largest absolute Gasteiger partial charge is 0.314 e. The lowest BCUT2D eigenvalue weighted by Gasteiger charge is -2.17. The van der Waals surface area contributed by atoms with E-state index < -0.39 is 0 Å². The SMILES string of the molecule is C#CCCCC(Cc1ccc2ccccc2c1)NCC. The summed E-state index contributed by atoms with van der Waals surface area (Å²) >= 11 is 0. The minimum absolute atomic E-state index is 0.523. The van der Waals surface area contributed by atoms with Crippen LogP contribution >= 0.6 is 0 Å². The second-order valence-corrected chi connectivity index (χ2v) is 5.24. The average molecular weight is 265 g/mol. The van der Waals surface area contributed by atoms with Gasteiger partial charge < -0.3 is 5.32 Å². The van der Waals surface area contributed by atoms with Crippen LogP contribution in [0.3, 0.4) is 0 Å². The van der Waals surface area contributed by atoms with Crippen molar-refractivity contribution in [1.29, 1.82) is 0 Å². The third-order valence-electron chi connectivity index (χ3n) is 3.66. The maximum atomic E-state index is 5.33. The van der Waals surface area contributed by atoms with Crippen LogP contribution < -0.4 is 5.32 Å². The first-order valence-corrected chi connectivity index (χ1v) is 7.48. The van der Waals surface area contributed by atoms with Crippen LogP contribution in [0, 0.1) is 12.3 Å². The first-order valence-electron chi connectivity index (χ1n) is 7.48. The van der Waals surface area contributed by atoms with E-state index in [1.165, 1.54) is 16.3 Å². The summed E-state index contributed by atoms with van der Waals surface area (Å²) in [5.74, 6) is 2.73. The normalized spacial score (nSPS) is 12.2. The number of hydrogen-bond donors (Lipinski definition) is 1. The maximum Gasteiger partial charge on any atom is 0.0108 e. The highest BCUT2D eigenvalue weighted by molar-refractivity contribution is 5.82. The molecule has 0 aromatic heterocycles. The van der Waals surface area contributed by atoms with Crippen LogP contribution in [0.5, 0.6) is 0 Å². The van der Waals surface area contributed by atoms with Crippen molar-refractivity contribution < 1.29 is 0 Å². The number of rotatable bonds is 7. The lowest BCUT2D eigenvalue weighted by Crippen LogP contribution is -2.30. The Kier molecular flexibility index (Phi) is 5.65. The molecular formula is C19H23N. The summed E-state index contributed by atoms with van der Waals surface area (Å²) in [5, 5.41) is 6.20. The number of benzene rings is 2. The monoisotopic (exact) mass is 265 g/mol. The lowest BCUT2D eigenvalue weighted by molar-refractivity contribution is 0.479. The van der Waals surface area contributed by atoms with E-state index in [1.54, 1.807) is 0 Å². The molecule has 2 aromatic rings. The third kappa shape index (κ3) is 4.11. The van der Waals surface area contributed by atoms with Gasteiger partial charge in [0.15, 0.2) is 0 Å². The highest BCUT2D eigenvalue weighted by atomic mass is 14.9. The standard InChI is InChI=1S/C19H23N/c1-3-5-6-11-19(20-4-2)15-16-12-13-17-9-7-8-10-18(17)14-16/h1,7-10,12-14,19-20H,4-6,11,15H2,2H3. The van der Waals surface area contributed by atoms with Crippen LogP contribution in [0.25, 0.3) is 10.8 Å². The highest BCUT2D eigenvalue weighted by Gasteiger charge is 2.08. The fourth-order valence-electron chi connectivity index (χ4n) is 2.67. The van der Waals surface area contributed by atoms with Gasteiger partial charge in [0, 0.05) is 12.5 Å². The van der Waals surface area contributed by atoms with Crippen molar-refractivity contribution in [2.45, 2.75) is 38.6 Å². The van der Waals surface area contributed by atoms with Gasteiger partial charge in [0.2, 0.25) is 0 Å². The molecule has 0 saturated carbocycles. The van der Waals surface area contributed by atoms with Crippen molar-refractivity contribution in [3.63, 3.8) is 0 Å². The zero-order chi connectivity index (χ0) is 14.2. The van der Waals surface area contributed by atoms with Crippen LogP contribution in [0.2, 0.25) is 0 Å². The molecule has 104 valence electrons. The van der Waals surface area contributed by atoms with Crippen LogP contribution in [-0.2, 0) is 6.42 Å². The minimum Gasteiger partial charge on any atom is -0.314 e. The van der Waals surface area contributed by atoms with E-state index in [4.69, 9.17) is 6.42 Å². The van der Waals surface area contributed by atoms with E-state index >= 15 is 0 Å². The van der Waals surface area contributed by atoms with Crippen LogP contribution in [0.1, 0.15) is 31.7 Å². The summed E-state index contributed by atoms with van der Waals surface area (Å²) < 4.78 is 0. The molecule has 0 heterocycles. The Morgan fingerprint density at radius 2 is 1.95 bits per heavy atom. The molecule has 0 saturated heterocycles. The first kappa shape index (κ1) is 14.6. The predicted molar refractivity (Wildman–Crippen MR) is 87.8 cm³/mol. The quantitative estimate of drug-likeness (QED) is 0.585. The van der Waals surface area contributed by atoms with Gasteiger partial charge in [0.05, 0.1) is 0 Å². The molecule has 0 amide bonds. The van der Waals surface area contributed by atoms with Crippen LogP contribution in [0.15, 0.2) is 42.5 Å². The van der Waals surface area contributed by atoms with E-state index in [-0.39, 0.29) is 0 Å². The van der Waals surface area contributed by atoms with Crippen LogP contribution in [-0.4, -0.2) is 12.6 Å². The van der Waals surface area contributed by atoms with Crippen LogP contribution in [0.4, 0.5) is 0 Å². The summed E-state index contributed by atoms with van der Waals surface area (Å²) in [6.45, 7) is 3.17. The Morgan fingerprint density at radius 3 is 2.70 bits per heavy atom. The third-order valence-corrected chi connectivity index (χ3v) is 3.66. The molecule has 0 aliphatic heterocycles. The van der Waals surface area contributed by atoms with E-state index in [0.717, 1.165) is 32.2 Å². The van der Waals surface area contributed by atoms with Crippen molar-refractivity contribution in [2.24, 2.45) is 0 Å². The second kappa shape index (κ2) is 7.72. The zero-order valence-corrected chi connectivity index (χ0v) is 12.2. The van der Waals surface area contributed by atoms with Gasteiger partial charge >= 0.3 is 0 Å². The molecule has 0 bridgehead atoms. The maximum absolute atomic E-state index is 5.33. The van der Waals surface area contributed by atoms with Gasteiger partial charge in [-0.3, -0.25) is 0 Å². The van der Waals surface area contributed by atoms with Crippen molar-refractivity contribution in [3.05, 3.63) is 48.0 Å². The molecule has 1 atom stereocenters. The van der Waals surface area contributed by atoms with Gasteiger partial charge in [-0.1, -0.05) is 49.4 Å². The van der Waals surface area contributed by atoms with Crippen molar-refractivity contribution >= 4 is 10.8 Å². The van der Waals surface area contributed by atoms with Gasteiger partial charge in [0.1, 0.15) is 0 Å². The van der Waals surface area contributed by atoms with Gasteiger partial charge in [-0.2, -0.15) is 0 Å². The number of likely N-dealkylation sites (N-methyl/N-ethyl adjacent to an activating group) is 1. The van der Waals surface area contributed by atoms with Gasteiger partial charge in [-0.05, 0) is 42.1 Å². The zero-order valence-electron chi connectivity index (χ0n) is 12.2. The topological polar surface area (TPSA) is 12.0 Å². The molecule has 0 aliphatic rings. The fourth-order valence-corrected chi connectivity index (χ4v) is 2.67. The summed E-state index contributed by atoms with van der Waals surface area (Å²) in [7, 11) is 0. The second-order valence-electron chi connectivity index (χ2n) is 5.24. The first-order chi connectivity index (χ1) is 9.83. The smallest absolute Gasteiger partial charge is 0.0108 e. The predicted octanol–water partition coefficient (Wildman–Crippen LogP) is 4.16. The van der Waals surface area contributed by atoms with Gasteiger partial charge in [-0.15, -0.1) is 12.3 Å². The van der Waals surface area contributed by atoms with Gasteiger partial charge in [0.25, 0.3) is 0 Å². The highest BCUT2D eigenvalue weighted by Crippen LogP contribution is 2.17. The van der Waals surface area contributed by atoms with Crippen molar-refractivity contribution in [3.8, 4) is 12.3 Å². The van der Waals surface area contributed by atoms with E-state index in [9.17, 15) is 0 Å². The Bertz CT molecular complexity index is 580. The Labute approximate surface area is 122 Å². The van der Waals surface area contributed by atoms with Crippen molar-refractivity contribution in [1.82, 2.24) is 5.32 Å². The summed E-state index contributed by atoms with van der Waals surface area (Å²) in [4.78, 5) is 0. The molecule has 1 unspecified atom stereocenters. The Morgan fingerprint density at radius 1 is 1.15 bits per heavy atom. The molecule has 20 heavy (non-hydrogen) atoms. The molecule has 1 N–H and O–H groups in total. The molecule has 1 heteroatoms. The molecule has 0 radical (unpaired) electrons. The van der Waals surface area contributed by atoms with E-state index in [2.05, 4.69) is 60.6 Å². The molecular weight excluding hydrogens is 242 g/mol. The van der Waals surface area contributed by atoms with E-state index in [0.29, 0.717) is 6.04 Å². The van der Waals surface area contributed by atoms with Gasteiger partial charge in [-0.25, -0.2) is 0 Å². The van der Waals surface area contributed by atoms with Crippen molar-refractivity contribution in [2.75, 3.05) is 6.54 Å². The Balaban J connectivity index is 2.05. The lowest BCUT2D eigenvalue weighted by atomic mass is 9.98. The number of terminal acetylenes is 1. The number of unbranched alkanes of at least 4 members (excludes halogenated alkanes) is 1. The molecule has 0 fully saturated rings. The fraction of sp³-hybridized carbons (Fsp3) is 0.368. The average Bonchev–Trinajstić information content (AvgIpc) is 2.47. The minimum atomic E-state index is 0.523. The summed E-state index contributed by atoms with van der Waals surface area (Å²) in [6.07, 6.45) is 9.52. The molecule has 2 rings (SSSR count). The molecule has 2 aromatic carbocycles. The molecule has 1 nitrogen and oxygen atoms in total. The summed E-state index contributed by atoms with van der Waals surface area (Å²) in [5.41, 5.74) is 1.40. The molecule has 0 spiro atoms. The molecule has 0 aliphatic carbocycles. The number of nitrogens with one attached hydrogen (secondary N) is 1. The van der Waals surface area contributed by atoms with E-state index in [1.807, 2.05) is 0 Å². The summed E-state index contributed by atoms with van der Waals surface area (Å²) in [6, 6.07) is 15.8. The Hall–Kier alpha value is -1.78. The number of fused-ring (bicyclic) bond motifs is 1.